The highest BCUT2D eigenvalue weighted by Gasteiger charge is 2.22. The minimum absolute atomic E-state index is 0.124. The third-order valence-corrected chi connectivity index (χ3v) is 2.82. The molecule has 1 amide bonds. The van der Waals surface area contributed by atoms with Crippen molar-refractivity contribution in [3.63, 3.8) is 0 Å². The fraction of sp³-hybridized carbons (Fsp3) is 0.364. The summed E-state index contributed by atoms with van der Waals surface area (Å²) >= 11 is 3.07. The molecule has 6 heteroatoms. The Kier molecular flexibility index (Phi) is 4.62. The summed E-state index contributed by atoms with van der Waals surface area (Å²) in [4.78, 5) is 11.7. The van der Waals surface area contributed by atoms with Gasteiger partial charge in [-0.25, -0.2) is 4.39 Å². The minimum atomic E-state index is -1.42. The number of rotatable bonds is 4. The summed E-state index contributed by atoms with van der Waals surface area (Å²) in [7, 11) is 0. The fourth-order valence-electron chi connectivity index (χ4n) is 1.13. The van der Waals surface area contributed by atoms with Crippen LogP contribution < -0.4 is 5.32 Å². The number of benzene rings is 1. The molecule has 1 rings (SSSR count). The number of amides is 1. The van der Waals surface area contributed by atoms with Gasteiger partial charge in [-0.1, -0.05) is 6.07 Å². The lowest BCUT2D eigenvalue weighted by Crippen LogP contribution is -2.43. The molecule has 0 bridgehead atoms. The van der Waals surface area contributed by atoms with Crippen molar-refractivity contribution in [1.29, 1.82) is 0 Å². The molecule has 4 nitrogen and oxygen atoms in total. The second-order valence-corrected chi connectivity index (χ2v) is 4.79. The Labute approximate surface area is 107 Å². The number of nitrogens with one attached hydrogen (secondary N) is 1. The lowest BCUT2D eigenvalue weighted by molar-refractivity contribution is 0.00316. The molecule has 94 valence electrons. The van der Waals surface area contributed by atoms with Gasteiger partial charge in [0.2, 0.25) is 0 Å². The first-order valence-corrected chi connectivity index (χ1v) is 5.72. The number of carbonyl (C=O) groups excluding carboxylic acids is 1. The Bertz CT molecular complexity index is 403. The average Bonchev–Trinajstić information content (AvgIpc) is 2.26. The molecule has 0 saturated heterocycles. The van der Waals surface area contributed by atoms with E-state index in [2.05, 4.69) is 21.2 Å². The van der Waals surface area contributed by atoms with Gasteiger partial charge in [0.15, 0.2) is 0 Å². The number of hydrogen-bond acceptors (Lipinski definition) is 3. The van der Waals surface area contributed by atoms with E-state index in [4.69, 9.17) is 5.11 Å². The third kappa shape index (κ3) is 3.76. The van der Waals surface area contributed by atoms with Crippen LogP contribution in [0.2, 0.25) is 0 Å². The second kappa shape index (κ2) is 5.57. The summed E-state index contributed by atoms with van der Waals surface area (Å²) in [5, 5.41) is 20.6. The maximum Gasteiger partial charge on any atom is 0.255 e. The van der Waals surface area contributed by atoms with Crippen molar-refractivity contribution in [2.45, 2.75) is 12.5 Å². The number of aliphatic hydroxyl groups is 2. The smallest absolute Gasteiger partial charge is 0.255 e. The molecule has 1 aromatic carbocycles. The highest BCUT2D eigenvalue weighted by molar-refractivity contribution is 9.10. The van der Waals surface area contributed by atoms with Gasteiger partial charge in [0.1, 0.15) is 11.4 Å². The van der Waals surface area contributed by atoms with Crippen LogP contribution >= 0.6 is 15.9 Å². The van der Waals surface area contributed by atoms with E-state index in [-0.39, 0.29) is 12.1 Å². The van der Waals surface area contributed by atoms with E-state index >= 15 is 0 Å². The molecule has 0 saturated carbocycles. The molecule has 0 aliphatic rings. The molecular formula is C11H13BrFNO3. The van der Waals surface area contributed by atoms with E-state index in [0.717, 1.165) is 0 Å². The van der Waals surface area contributed by atoms with Gasteiger partial charge in [0.25, 0.3) is 5.91 Å². The van der Waals surface area contributed by atoms with Gasteiger partial charge in [0.05, 0.1) is 12.2 Å². The predicted molar refractivity (Wildman–Crippen MR) is 64.1 cm³/mol. The van der Waals surface area contributed by atoms with Crippen LogP contribution in [0.1, 0.15) is 17.3 Å². The van der Waals surface area contributed by atoms with E-state index in [1.165, 1.54) is 19.1 Å². The minimum Gasteiger partial charge on any atom is -0.393 e. The number of aliphatic hydroxyl groups excluding tert-OH is 1. The molecule has 1 unspecified atom stereocenters. The van der Waals surface area contributed by atoms with Crippen LogP contribution in [-0.4, -0.2) is 34.9 Å². The highest BCUT2D eigenvalue weighted by Crippen LogP contribution is 2.19. The van der Waals surface area contributed by atoms with Crippen LogP contribution in [0.5, 0.6) is 0 Å². The molecule has 17 heavy (non-hydrogen) atoms. The van der Waals surface area contributed by atoms with Gasteiger partial charge < -0.3 is 15.5 Å². The lowest BCUT2D eigenvalue weighted by Gasteiger charge is -2.20. The van der Waals surface area contributed by atoms with Crippen molar-refractivity contribution in [2.75, 3.05) is 13.2 Å². The first-order valence-electron chi connectivity index (χ1n) is 4.93. The molecule has 0 spiro atoms. The number of carbonyl (C=O) groups is 1. The largest absolute Gasteiger partial charge is 0.393 e. The summed E-state index contributed by atoms with van der Waals surface area (Å²) in [5.74, 6) is -1.30. The van der Waals surface area contributed by atoms with Crippen molar-refractivity contribution in [3.8, 4) is 0 Å². The Morgan fingerprint density at radius 2 is 2.24 bits per heavy atom. The Morgan fingerprint density at radius 3 is 2.76 bits per heavy atom. The van der Waals surface area contributed by atoms with Gasteiger partial charge in [-0.2, -0.15) is 0 Å². The summed E-state index contributed by atoms with van der Waals surface area (Å²) in [6.07, 6.45) is 0. The molecule has 0 fully saturated rings. The molecule has 0 aliphatic carbocycles. The summed E-state index contributed by atoms with van der Waals surface area (Å²) < 4.78 is 13.7. The van der Waals surface area contributed by atoms with Gasteiger partial charge in [-0.15, -0.1) is 0 Å². The maximum atomic E-state index is 13.4. The van der Waals surface area contributed by atoms with Gasteiger partial charge in [0, 0.05) is 11.0 Å². The highest BCUT2D eigenvalue weighted by atomic mass is 79.9. The van der Waals surface area contributed by atoms with E-state index in [1.54, 1.807) is 6.07 Å². The van der Waals surface area contributed by atoms with E-state index in [9.17, 15) is 14.3 Å². The first kappa shape index (κ1) is 14.1. The van der Waals surface area contributed by atoms with Crippen LogP contribution in [-0.2, 0) is 0 Å². The zero-order valence-corrected chi connectivity index (χ0v) is 10.8. The van der Waals surface area contributed by atoms with Crippen LogP contribution in [0.4, 0.5) is 4.39 Å². The summed E-state index contributed by atoms with van der Waals surface area (Å²) in [6, 6.07) is 4.19. The zero-order chi connectivity index (χ0) is 13.1. The van der Waals surface area contributed by atoms with Crippen LogP contribution in [0.25, 0.3) is 0 Å². The number of hydrogen-bond donors (Lipinski definition) is 3. The monoisotopic (exact) mass is 305 g/mol. The third-order valence-electron chi connectivity index (χ3n) is 2.16. The Morgan fingerprint density at radius 1 is 1.59 bits per heavy atom. The second-order valence-electron chi connectivity index (χ2n) is 3.93. The van der Waals surface area contributed by atoms with E-state index in [1.807, 2.05) is 0 Å². The van der Waals surface area contributed by atoms with Gasteiger partial charge in [-0.05, 0) is 35.0 Å². The quantitative estimate of drug-likeness (QED) is 0.779. The Balaban J connectivity index is 2.78. The van der Waals surface area contributed by atoms with Gasteiger partial charge >= 0.3 is 0 Å². The normalized spacial score (nSPS) is 14.2. The predicted octanol–water partition coefficient (Wildman–Crippen LogP) is 1.06. The van der Waals surface area contributed by atoms with Crippen molar-refractivity contribution in [1.82, 2.24) is 5.32 Å². The molecule has 0 aromatic heterocycles. The molecular weight excluding hydrogens is 293 g/mol. The molecule has 0 aliphatic heterocycles. The first-order chi connectivity index (χ1) is 7.87. The fourth-order valence-corrected chi connectivity index (χ4v) is 1.65. The van der Waals surface area contributed by atoms with Crippen LogP contribution in [0, 0.1) is 5.82 Å². The van der Waals surface area contributed by atoms with Gasteiger partial charge in [-0.3, -0.25) is 4.79 Å². The maximum absolute atomic E-state index is 13.4. The van der Waals surface area contributed by atoms with Crippen molar-refractivity contribution in [3.05, 3.63) is 34.1 Å². The topological polar surface area (TPSA) is 69.6 Å². The lowest BCUT2D eigenvalue weighted by atomic mass is 10.1. The molecule has 1 aromatic rings. The molecule has 0 radical (unpaired) electrons. The van der Waals surface area contributed by atoms with E-state index < -0.39 is 23.9 Å². The zero-order valence-electron chi connectivity index (χ0n) is 9.20. The van der Waals surface area contributed by atoms with Crippen molar-refractivity contribution < 1.29 is 19.4 Å². The van der Waals surface area contributed by atoms with Crippen LogP contribution in [0.15, 0.2) is 22.7 Å². The molecule has 3 N–H and O–H groups in total. The van der Waals surface area contributed by atoms with E-state index in [0.29, 0.717) is 4.47 Å². The van der Waals surface area contributed by atoms with Crippen LogP contribution in [0.3, 0.4) is 0 Å². The summed E-state index contributed by atoms with van der Waals surface area (Å²) in [6.45, 7) is 0.707. The Hall–Kier alpha value is -0.980. The standard InChI is InChI=1S/C11H13BrFNO3/c1-11(17,6-15)5-14-10(16)9-7(12)3-2-4-8(9)13/h2-4,15,17H,5-6H2,1H3,(H,14,16). The van der Waals surface area contributed by atoms with Crippen molar-refractivity contribution >= 4 is 21.8 Å². The van der Waals surface area contributed by atoms with Crippen molar-refractivity contribution in [2.24, 2.45) is 0 Å². The SMILES string of the molecule is CC(O)(CO)CNC(=O)c1c(F)cccc1Br. The average molecular weight is 306 g/mol. The molecule has 1 atom stereocenters. The molecule has 0 heterocycles. The number of halogens is 2. The summed E-state index contributed by atoms with van der Waals surface area (Å²) in [5.41, 5.74) is -1.55.